The molecule has 0 spiro atoms. The molecule has 4 nitrogen and oxygen atoms in total. The van der Waals surface area contributed by atoms with E-state index in [0.717, 1.165) is 35.2 Å². The second-order valence-electron chi connectivity index (χ2n) is 6.52. The van der Waals surface area contributed by atoms with E-state index in [1.807, 2.05) is 24.3 Å². The summed E-state index contributed by atoms with van der Waals surface area (Å²) in [5, 5.41) is 0.542. The predicted molar refractivity (Wildman–Crippen MR) is 106 cm³/mol. The van der Waals surface area contributed by atoms with Gasteiger partial charge in [0.2, 0.25) is 0 Å². The van der Waals surface area contributed by atoms with Crippen molar-refractivity contribution in [3.05, 3.63) is 65.7 Å². The van der Waals surface area contributed by atoms with Gasteiger partial charge in [0.05, 0.1) is 22.9 Å². The second-order valence-corrected chi connectivity index (χ2v) is 7.53. The van der Waals surface area contributed by atoms with Crippen molar-refractivity contribution in [1.29, 1.82) is 0 Å². The van der Waals surface area contributed by atoms with Crippen molar-refractivity contribution < 1.29 is 18.3 Å². The SMILES string of the molecule is O=C(/C=C/c1c(F)cccc1F)N(CC1CCCO1)c1nc2ccccc2s1. The lowest BCUT2D eigenvalue weighted by Crippen LogP contribution is -2.36. The lowest BCUT2D eigenvalue weighted by Gasteiger charge is -2.21. The van der Waals surface area contributed by atoms with Gasteiger partial charge < -0.3 is 4.74 Å². The van der Waals surface area contributed by atoms with Crippen molar-refractivity contribution in [2.45, 2.75) is 18.9 Å². The van der Waals surface area contributed by atoms with Gasteiger partial charge in [-0.3, -0.25) is 9.69 Å². The number of carbonyl (C=O) groups excluding carboxylic acids is 1. The molecule has 2 aromatic carbocycles. The summed E-state index contributed by atoms with van der Waals surface area (Å²) in [5.74, 6) is -1.82. The Bertz CT molecular complexity index is 975. The first kappa shape index (κ1) is 18.7. The van der Waals surface area contributed by atoms with Gasteiger partial charge in [0.15, 0.2) is 5.13 Å². The molecule has 7 heteroatoms. The van der Waals surface area contributed by atoms with Crippen LogP contribution in [0, 0.1) is 11.6 Å². The minimum atomic E-state index is -0.713. The van der Waals surface area contributed by atoms with E-state index in [0.29, 0.717) is 18.3 Å². The van der Waals surface area contributed by atoms with Crippen LogP contribution in [0.2, 0.25) is 0 Å². The fourth-order valence-electron chi connectivity index (χ4n) is 3.14. The van der Waals surface area contributed by atoms with Crippen LogP contribution in [0.4, 0.5) is 13.9 Å². The number of hydrogen-bond acceptors (Lipinski definition) is 4. The average molecular weight is 400 g/mol. The van der Waals surface area contributed by atoms with Crippen LogP contribution < -0.4 is 4.90 Å². The number of hydrogen-bond donors (Lipinski definition) is 0. The Morgan fingerprint density at radius 2 is 2.00 bits per heavy atom. The molecule has 0 aliphatic carbocycles. The van der Waals surface area contributed by atoms with Gasteiger partial charge in [0, 0.05) is 18.2 Å². The van der Waals surface area contributed by atoms with Gasteiger partial charge >= 0.3 is 0 Å². The lowest BCUT2D eigenvalue weighted by atomic mass is 10.1. The Kier molecular flexibility index (Phi) is 5.45. The van der Waals surface area contributed by atoms with Gasteiger partial charge in [-0.25, -0.2) is 13.8 Å². The molecule has 1 fully saturated rings. The monoisotopic (exact) mass is 400 g/mol. The second kappa shape index (κ2) is 8.16. The summed E-state index contributed by atoms with van der Waals surface area (Å²) in [6.07, 6.45) is 4.09. The molecule has 0 bridgehead atoms. The topological polar surface area (TPSA) is 42.4 Å². The Labute approximate surface area is 165 Å². The van der Waals surface area contributed by atoms with Crippen LogP contribution in [0.3, 0.4) is 0 Å². The molecule has 1 aromatic heterocycles. The highest BCUT2D eigenvalue weighted by molar-refractivity contribution is 7.22. The molecule has 4 rings (SSSR count). The molecule has 1 saturated heterocycles. The third kappa shape index (κ3) is 3.95. The van der Waals surface area contributed by atoms with Crippen molar-refractivity contribution in [3.8, 4) is 0 Å². The highest BCUT2D eigenvalue weighted by Gasteiger charge is 2.25. The zero-order valence-electron chi connectivity index (χ0n) is 15.0. The first-order valence-corrected chi connectivity index (χ1v) is 9.84. The van der Waals surface area contributed by atoms with E-state index < -0.39 is 17.5 Å². The molecule has 144 valence electrons. The van der Waals surface area contributed by atoms with E-state index >= 15 is 0 Å². The zero-order valence-corrected chi connectivity index (χ0v) is 15.8. The molecule has 0 saturated carbocycles. The van der Waals surface area contributed by atoms with E-state index in [4.69, 9.17) is 4.74 Å². The first-order chi connectivity index (χ1) is 13.6. The lowest BCUT2D eigenvalue weighted by molar-refractivity contribution is -0.114. The fraction of sp³-hybridized carbons (Fsp3) is 0.238. The molecule has 1 atom stereocenters. The summed E-state index contributed by atoms with van der Waals surface area (Å²) in [6, 6.07) is 11.2. The molecule has 1 aliphatic rings. The van der Waals surface area contributed by atoms with Crippen LogP contribution in [0.5, 0.6) is 0 Å². The van der Waals surface area contributed by atoms with Gasteiger partial charge in [-0.05, 0) is 43.2 Å². The molecule has 1 amide bonds. The number of nitrogens with zero attached hydrogens (tertiary/aromatic N) is 2. The summed E-state index contributed by atoms with van der Waals surface area (Å²) < 4.78 is 34.3. The van der Waals surface area contributed by atoms with Crippen molar-refractivity contribution in [2.24, 2.45) is 0 Å². The van der Waals surface area contributed by atoms with Gasteiger partial charge in [0.25, 0.3) is 5.91 Å². The summed E-state index contributed by atoms with van der Waals surface area (Å²) in [4.78, 5) is 19.0. The third-order valence-corrected chi connectivity index (χ3v) is 5.64. The maximum atomic E-state index is 13.8. The molecule has 3 aromatic rings. The largest absolute Gasteiger partial charge is 0.376 e. The molecule has 0 radical (unpaired) electrons. The van der Waals surface area contributed by atoms with Crippen LogP contribution in [0.1, 0.15) is 18.4 Å². The first-order valence-electron chi connectivity index (χ1n) is 9.02. The summed E-state index contributed by atoms with van der Waals surface area (Å²) in [6.45, 7) is 1.02. The van der Waals surface area contributed by atoms with Crippen LogP contribution in [-0.4, -0.2) is 30.1 Å². The Morgan fingerprint density at radius 3 is 2.71 bits per heavy atom. The molecular formula is C21H18F2N2O2S. The summed E-state index contributed by atoms with van der Waals surface area (Å²) >= 11 is 1.40. The van der Waals surface area contributed by atoms with Crippen LogP contribution in [0.25, 0.3) is 16.3 Å². The highest BCUT2D eigenvalue weighted by Crippen LogP contribution is 2.30. The number of thiazole rings is 1. The van der Waals surface area contributed by atoms with E-state index in [1.54, 1.807) is 0 Å². The highest BCUT2D eigenvalue weighted by atomic mass is 32.1. The van der Waals surface area contributed by atoms with Gasteiger partial charge in [0.1, 0.15) is 11.6 Å². The number of benzene rings is 2. The Hall–Kier alpha value is -2.64. The van der Waals surface area contributed by atoms with E-state index in [-0.39, 0.29) is 11.7 Å². The van der Waals surface area contributed by atoms with Gasteiger partial charge in [-0.2, -0.15) is 0 Å². The Balaban J connectivity index is 1.64. The summed E-state index contributed by atoms with van der Waals surface area (Å²) in [5.41, 5.74) is 0.564. The zero-order chi connectivity index (χ0) is 19.5. The van der Waals surface area contributed by atoms with Crippen molar-refractivity contribution in [1.82, 2.24) is 4.98 Å². The van der Waals surface area contributed by atoms with Crippen LogP contribution in [-0.2, 0) is 9.53 Å². The molecular weight excluding hydrogens is 382 g/mol. The fourth-order valence-corrected chi connectivity index (χ4v) is 4.12. The predicted octanol–water partition coefficient (Wildman–Crippen LogP) is 4.80. The van der Waals surface area contributed by atoms with Crippen molar-refractivity contribution in [3.63, 3.8) is 0 Å². The molecule has 1 unspecified atom stereocenters. The normalized spacial score (nSPS) is 16.9. The van der Waals surface area contributed by atoms with Gasteiger partial charge in [-0.15, -0.1) is 0 Å². The number of fused-ring (bicyclic) bond motifs is 1. The quantitative estimate of drug-likeness (QED) is 0.578. The van der Waals surface area contributed by atoms with Crippen molar-refractivity contribution in [2.75, 3.05) is 18.1 Å². The maximum Gasteiger partial charge on any atom is 0.252 e. The van der Waals surface area contributed by atoms with Crippen LogP contribution in [0.15, 0.2) is 48.5 Å². The number of carbonyl (C=O) groups is 1. The average Bonchev–Trinajstić information content (AvgIpc) is 3.34. The minimum absolute atomic E-state index is 0.0745. The molecule has 1 aliphatic heterocycles. The number of aromatic nitrogens is 1. The molecule has 0 N–H and O–H groups in total. The van der Waals surface area contributed by atoms with E-state index in [2.05, 4.69) is 4.98 Å². The minimum Gasteiger partial charge on any atom is -0.376 e. The number of ether oxygens (including phenoxy) is 1. The third-order valence-electron chi connectivity index (χ3n) is 4.58. The number of para-hydroxylation sites is 1. The smallest absolute Gasteiger partial charge is 0.252 e. The molecule has 2 heterocycles. The van der Waals surface area contributed by atoms with Crippen LogP contribution >= 0.6 is 11.3 Å². The number of anilines is 1. The van der Waals surface area contributed by atoms with E-state index in [1.165, 1.54) is 34.5 Å². The maximum absolute atomic E-state index is 13.8. The number of amides is 1. The van der Waals surface area contributed by atoms with Crippen molar-refractivity contribution >= 4 is 38.7 Å². The van der Waals surface area contributed by atoms with Gasteiger partial charge in [-0.1, -0.05) is 29.5 Å². The number of rotatable bonds is 5. The number of halogens is 2. The standard InChI is InChI=1S/C21H18F2N2O2S/c22-16-6-3-7-17(23)15(16)10-11-20(26)25(13-14-5-4-12-27-14)21-24-18-8-1-2-9-19(18)28-21/h1-3,6-11,14H,4-5,12-13H2/b11-10+. The summed E-state index contributed by atoms with van der Waals surface area (Å²) in [7, 11) is 0. The van der Waals surface area contributed by atoms with E-state index in [9.17, 15) is 13.6 Å². The molecule has 28 heavy (non-hydrogen) atoms. The Morgan fingerprint density at radius 1 is 1.21 bits per heavy atom.